The molecule has 0 aromatic carbocycles. The molecule has 0 saturated carbocycles. The highest BCUT2D eigenvalue weighted by Gasteiger charge is 2.35. The number of nitrogens with one attached hydrogen (secondary N) is 2. The lowest BCUT2D eigenvalue weighted by atomic mass is 10.0. The van der Waals surface area contributed by atoms with E-state index >= 15 is 0 Å². The van der Waals surface area contributed by atoms with Crippen molar-refractivity contribution in [2.24, 2.45) is 0 Å². The first-order chi connectivity index (χ1) is 8.19. The standard InChI is InChI=1S/C13H20N2O2/c1-3-6-14-13(16)9(2)17-12-7-10-4-5-11(8-12)15-10/h1,9-12,15H,4-8H2,2H3,(H,14,16). The van der Waals surface area contributed by atoms with Gasteiger partial charge in [-0.05, 0) is 32.6 Å². The summed E-state index contributed by atoms with van der Waals surface area (Å²) in [6, 6.07) is 1.17. The molecule has 2 rings (SSSR count). The predicted octanol–water partition coefficient (Wildman–Crippen LogP) is 0.424. The minimum absolute atomic E-state index is 0.117. The summed E-state index contributed by atoms with van der Waals surface area (Å²) >= 11 is 0. The molecule has 1 amide bonds. The van der Waals surface area contributed by atoms with Gasteiger partial charge in [0.25, 0.3) is 0 Å². The fourth-order valence-electron chi connectivity index (χ4n) is 2.75. The molecule has 0 aromatic heterocycles. The van der Waals surface area contributed by atoms with Crippen LogP contribution in [0.25, 0.3) is 0 Å². The van der Waals surface area contributed by atoms with E-state index in [0.717, 1.165) is 12.8 Å². The molecule has 2 aliphatic rings. The summed E-state index contributed by atoms with van der Waals surface area (Å²) in [6.07, 6.45) is 9.40. The molecule has 4 heteroatoms. The number of ether oxygens (including phenoxy) is 1. The van der Waals surface area contributed by atoms with Crippen molar-refractivity contribution in [1.82, 2.24) is 10.6 Å². The van der Waals surface area contributed by atoms with Crippen LogP contribution in [0.1, 0.15) is 32.6 Å². The van der Waals surface area contributed by atoms with Crippen molar-refractivity contribution in [3.05, 3.63) is 0 Å². The Morgan fingerprint density at radius 3 is 2.76 bits per heavy atom. The molecule has 17 heavy (non-hydrogen) atoms. The summed E-state index contributed by atoms with van der Waals surface area (Å²) in [7, 11) is 0. The Morgan fingerprint density at radius 2 is 2.18 bits per heavy atom. The number of amides is 1. The van der Waals surface area contributed by atoms with E-state index in [-0.39, 0.29) is 18.6 Å². The summed E-state index contributed by atoms with van der Waals surface area (Å²) in [5, 5.41) is 6.19. The topological polar surface area (TPSA) is 50.4 Å². The molecule has 2 N–H and O–H groups in total. The number of hydrogen-bond donors (Lipinski definition) is 2. The highest BCUT2D eigenvalue weighted by atomic mass is 16.5. The Labute approximate surface area is 102 Å². The zero-order valence-corrected chi connectivity index (χ0v) is 10.2. The molecular weight excluding hydrogens is 216 g/mol. The van der Waals surface area contributed by atoms with Crippen molar-refractivity contribution in [2.75, 3.05) is 6.54 Å². The van der Waals surface area contributed by atoms with E-state index in [2.05, 4.69) is 16.6 Å². The fourth-order valence-corrected chi connectivity index (χ4v) is 2.75. The van der Waals surface area contributed by atoms with Gasteiger partial charge in [-0.15, -0.1) is 6.42 Å². The third kappa shape index (κ3) is 3.21. The molecule has 94 valence electrons. The quantitative estimate of drug-likeness (QED) is 0.696. The fraction of sp³-hybridized carbons (Fsp3) is 0.769. The van der Waals surface area contributed by atoms with Gasteiger partial charge in [-0.3, -0.25) is 4.79 Å². The average Bonchev–Trinajstić information content (AvgIpc) is 2.65. The van der Waals surface area contributed by atoms with Crippen LogP contribution >= 0.6 is 0 Å². The number of piperidine rings is 1. The molecule has 4 nitrogen and oxygen atoms in total. The lowest BCUT2D eigenvalue weighted by Gasteiger charge is -2.30. The third-order valence-corrected chi connectivity index (χ3v) is 3.56. The molecule has 0 aromatic rings. The molecular formula is C13H20N2O2. The summed E-state index contributed by atoms with van der Waals surface area (Å²) in [5.74, 6) is 2.27. The Morgan fingerprint density at radius 1 is 1.53 bits per heavy atom. The number of fused-ring (bicyclic) bond motifs is 2. The zero-order chi connectivity index (χ0) is 12.3. The smallest absolute Gasteiger partial charge is 0.249 e. The first-order valence-electron chi connectivity index (χ1n) is 6.31. The van der Waals surface area contributed by atoms with E-state index in [1.54, 1.807) is 6.92 Å². The molecule has 3 atom stereocenters. The Hall–Kier alpha value is -1.05. The molecule has 2 fully saturated rings. The monoisotopic (exact) mass is 236 g/mol. The van der Waals surface area contributed by atoms with Crippen LogP contribution < -0.4 is 10.6 Å². The Balaban J connectivity index is 1.77. The van der Waals surface area contributed by atoms with Gasteiger partial charge >= 0.3 is 0 Å². The second kappa shape index (κ2) is 5.52. The summed E-state index contributed by atoms with van der Waals surface area (Å²) in [6.45, 7) is 2.06. The summed E-state index contributed by atoms with van der Waals surface area (Å²) in [4.78, 5) is 11.6. The van der Waals surface area contributed by atoms with Gasteiger partial charge in [-0.25, -0.2) is 0 Å². The van der Waals surface area contributed by atoms with Crippen molar-refractivity contribution in [3.63, 3.8) is 0 Å². The molecule has 3 unspecified atom stereocenters. The van der Waals surface area contributed by atoms with Gasteiger partial charge in [-0.1, -0.05) is 5.92 Å². The molecule has 2 aliphatic heterocycles. The van der Waals surface area contributed by atoms with Crippen LogP contribution in [-0.4, -0.2) is 36.7 Å². The van der Waals surface area contributed by atoms with Crippen LogP contribution in [0.3, 0.4) is 0 Å². The van der Waals surface area contributed by atoms with Crippen LogP contribution in [0.4, 0.5) is 0 Å². The Kier molecular flexibility index (Phi) is 4.03. The van der Waals surface area contributed by atoms with E-state index in [9.17, 15) is 4.79 Å². The maximum Gasteiger partial charge on any atom is 0.249 e. The predicted molar refractivity (Wildman–Crippen MR) is 65.4 cm³/mol. The minimum atomic E-state index is -0.411. The number of terminal acetylenes is 1. The lowest BCUT2D eigenvalue weighted by Crippen LogP contribution is -2.44. The van der Waals surface area contributed by atoms with Crippen molar-refractivity contribution in [3.8, 4) is 12.3 Å². The number of rotatable bonds is 4. The van der Waals surface area contributed by atoms with Gasteiger partial charge < -0.3 is 15.4 Å². The van der Waals surface area contributed by atoms with Crippen LogP contribution in [0.5, 0.6) is 0 Å². The van der Waals surface area contributed by atoms with Gasteiger partial charge in [0.05, 0.1) is 12.6 Å². The molecule has 2 bridgehead atoms. The molecule has 0 radical (unpaired) electrons. The zero-order valence-electron chi connectivity index (χ0n) is 10.2. The second-order valence-electron chi connectivity index (χ2n) is 4.93. The van der Waals surface area contributed by atoms with E-state index in [4.69, 9.17) is 11.2 Å². The molecule has 2 heterocycles. The van der Waals surface area contributed by atoms with Crippen molar-refractivity contribution < 1.29 is 9.53 Å². The largest absolute Gasteiger partial charge is 0.365 e. The highest BCUT2D eigenvalue weighted by molar-refractivity contribution is 5.80. The van der Waals surface area contributed by atoms with E-state index < -0.39 is 6.10 Å². The van der Waals surface area contributed by atoms with Gasteiger partial charge in [0.15, 0.2) is 0 Å². The van der Waals surface area contributed by atoms with E-state index in [1.807, 2.05) is 0 Å². The van der Waals surface area contributed by atoms with Crippen LogP contribution in [0, 0.1) is 12.3 Å². The number of hydrogen-bond acceptors (Lipinski definition) is 3. The van der Waals surface area contributed by atoms with Gasteiger partial charge in [0.2, 0.25) is 5.91 Å². The van der Waals surface area contributed by atoms with E-state index in [1.165, 1.54) is 12.8 Å². The summed E-state index contributed by atoms with van der Waals surface area (Å²) in [5.41, 5.74) is 0. The van der Waals surface area contributed by atoms with Gasteiger partial charge in [0, 0.05) is 12.1 Å². The average molecular weight is 236 g/mol. The SMILES string of the molecule is C#CCNC(=O)C(C)OC1CC2CCC(C1)N2. The summed E-state index contributed by atoms with van der Waals surface area (Å²) < 4.78 is 5.81. The Bertz CT molecular complexity index is 312. The maximum absolute atomic E-state index is 11.6. The normalized spacial score (nSPS) is 32.8. The molecule has 0 spiro atoms. The molecule has 2 saturated heterocycles. The lowest BCUT2D eigenvalue weighted by molar-refractivity contribution is -0.136. The second-order valence-corrected chi connectivity index (χ2v) is 4.93. The number of carbonyl (C=O) groups excluding carboxylic acids is 1. The van der Waals surface area contributed by atoms with Crippen molar-refractivity contribution in [1.29, 1.82) is 0 Å². The van der Waals surface area contributed by atoms with Gasteiger partial charge in [-0.2, -0.15) is 0 Å². The van der Waals surface area contributed by atoms with Crippen LogP contribution in [0.2, 0.25) is 0 Å². The van der Waals surface area contributed by atoms with Crippen LogP contribution in [0.15, 0.2) is 0 Å². The van der Waals surface area contributed by atoms with Crippen molar-refractivity contribution >= 4 is 5.91 Å². The molecule has 0 aliphatic carbocycles. The highest BCUT2D eigenvalue weighted by Crippen LogP contribution is 2.29. The minimum Gasteiger partial charge on any atom is -0.365 e. The first-order valence-corrected chi connectivity index (χ1v) is 6.31. The van der Waals surface area contributed by atoms with Crippen molar-refractivity contribution in [2.45, 2.75) is 56.9 Å². The third-order valence-electron chi connectivity index (χ3n) is 3.56. The number of carbonyl (C=O) groups is 1. The first kappa shape index (κ1) is 12.4. The maximum atomic E-state index is 11.6. The van der Waals surface area contributed by atoms with E-state index in [0.29, 0.717) is 12.1 Å². The van der Waals surface area contributed by atoms with Crippen LogP contribution in [-0.2, 0) is 9.53 Å². The van der Waals surface area contributed by atoms with Gasteiger partial charge in [0.1, 0.15) is 6.10 Å².